The summed E-state index contributed by atoms with van der Waals surface area (Å²) in [7, 11) is -0.427. The third-order valence-electron chi connectivity index (χ3n) is 7.68. The fourth-order valence-corrected chi connectivity index (χ4v) is 5.14. The van der Waals surface area contributed by atoms with Crippen molar-refractivity contribution >= 4 is 24.0 Å². The summed E-state index contributed by atoms with van der Waals surface area (Å²) in [5.41, 5.74) is 8.87. The van der Waals surface area contributed by atoms with Crippen LogP contribution in [0.4, 0.5) is 5.69 Å². The summed E-state index contributed by atoms with van der Waals surface area (Å²) in [6.45, 7) is 8.29. The number of hydrogen-bond acceptors (Lipinski definition) is 4. The van der Waals surface area contributed by atoms with E-state index in [2.05, 4.69) is 76.2 Å². The van der Waals surface area contributed by atoms with Gasteiger partial charge in [-0.05, 0) is 80.0 Å². The second-order valence-electron chi connectivity index (χ2n) is 10.2. The zero-order valence-electron chi connectivity index (χ0n) is 19.3. The minimum Gasteiger partial charge on any atom is -0.399 e. The van der Waals surface area contributed by atoms with E-state index >= 15 is 0 Å². The van der Waals surface area contributed by atoms with E-state index in [0.717, 1.165) is 40.0 Å². The lowest BCUT2D eigenvalue weighted by Gasteiger charge is -2.32. The summed E-state index contributed by atoms with van der Waals surface area (Å²) in [4.78, 5) is 5.06. The Balaban J connectivity index is 1.54. The number of nitrogens with zero attached hydrogens (tertiary/aromatic N) is 2. The van der Waals surface area contributed by atoms with Crippen LogP contribution in [0.2, 0.25) is 0 Å². The van der Waals surface area contributed by atoms with Gasteiger partial charge in [-0.25, -0.2) is 0 Å². The van der Waals surface area contributed by atoms with Crippen molar-refractivity contribution in [3.8, 4) is 17.2 Å². The molecule has 3 aromatic rings. The van der Waals surface area contributed by atoms with Crippen LogP contribution in [0.3, 0.4) is 0 Å². The molecule has 4 nitrogen and oxygen atoms in total. The average Bonchev–Trinajstić information content (AvgIpc) is 3.21. The van der Waals surface area contributed by atoms with E-state index in [-0.39, 0.29) is 5.92 Å². The number of nitriles is 1. The Morgan fingerprint density at radius 2 is 1.64 bits per heavy atom. The maximum absolute atomic E-state index is 9.53. The Morgan fingerprint density at radius 3 is 2.39 bits per heavy atom. The lowest BCUT2D eigenvalue weighted by atomic mass is 9.76. The number of hydrogen-bond donors (Lipinski definition) is 0. The summed E-state index contributed by atoms with van der Waals surface area (Å²) < 4.78 is 12.7. The molecule has 6 rings (SSSR count). The molecule has 162 valence electrons. The highest BCUT2D eigenvalue weighted by atomic mass is 16.7. The van der Waals surface area contributed by atoms with Crippen LogP contribution in [0, 0.1) is 11.3 Å². The summed E-state index contributed by atoms with van der Waals surface area (Å²) in [5, 5.41) is 9.53. The van der Waals surface area contributed by atoms with Crippen LogP contribution < -0.4 is 5.46 Å². The van der Waals surface area contributed by atoms with Gasteiger partial charge >= 0.3 is 7.12 Å². The third-order valence-corrected chi connectivity index (χ3v) is 7.68. The topological polar surface area (TPSA) is 54.6 Å². The van der Waals surface area contributed by atoms with E-state index in [0.29, 0.717) is 5.56 Å². The Hall–Kier alpha value is -3.20. The standard InChI is InChI=1S/C28H25BN2O2/c1-27(2)28(3,4)33-29(32-27)19-10-12-22-23(15-19)20-11-9-17(16-30)13-18(20)14-24-21-7-5-6-8-25(21)31-26(22)24/h5-13,15,24H,14H2,1-4H3. The Labute approximate surface area is 195 Å². The Bertz CT molecular complexity index is 1370. The molecule has 1 fully saturated rings. The van der Waals surface area contributed by atoms with Crippen LogP contribution in [0.1, 0.15) is 55.9 Å². The highest BCUT2D eigenvalue weighted by Crippen LogP contribution is 2.45. The van der Waals surface area contributed by atoms with Gasteiger partial charge in [0.25, 0.3) is 0 Å². The third kappa shape index (κ3) is 3.02. The summed E-state index contributed by atoms with van der Waals surface area (Å²) in [6, 6.07) is 23.2. The molecule has 1 atom stereocenters. The lowest BCUT2D eigenvalue weighted by molar-refractivity contribution is 0.00578. The van der Waals surface area contributed by atoms with Gasteiger partial charge in [0.05, 0.1) is 34.2 Å². The van der Waals surface area contributed by atoms with Gasteiger partial charge in [-0.1, -0.05) is 42.5 Å². The van der Waals surface area contributed by atoms with Gasteiger partial charge in [-0.15, -0.1) is 0 Å². The second-order valence-corrected chi connectivity index (χ2v) is 10.2. The minimum atomic E-state index is -0.427. The highest BCUT2D eigenvalue weighted by Gasteiger charge is 2.52. The van der Waals surface area contributed by atoms with Crippen LogP contribution in [-0.4, -0.2) is 24.0 Å². The van der Waals surface area contributed by atoms with E-state index < -0.39 is 18.3 Å². The number of para-hydroxylation sites is 1. The normalized spacial score (nSPS) is 21.2. The molecule has 0 bridgehead atoms. The van der Waals surface area contributed by atoms with E-state index in [9.17, 15) is 5.26 Å². The number of aliphatic imine (C=N–C) groups is 1. The fourth-order valence-electron chi connectivity index (χ4n) is 5.14. The molecule has 0 radical (unpaired) electrons. The molecule has 2 heterocycles. The predicted octanol–water partition coefficient (Wildman–Crippen LogP) is 5.30. The van der Waals surface area contributed by atoms with E-state index in [1.807, 2.05) is 18.2 Å². The van der Waals surface area contributed by atoms with Crippen molar-refractivity contribution < 1.29 is 9.31 Å². The molecule has 0 aromatic heterocycles. The van der Waals surface area contributed by atoms with Crippen LogP contribution in [0.5, 0.6) is 0 Å². The monoisotopic (exact) mass is 432 g/mol. The largest absolute Gasteiger partial charge is 0.494 e. The molecular weight excluding hydrogens is 407 g/mol. The van der Waals surface area contributed by atoms with Crippen molar-refractivity contribution in [2.24, 2.45) is 4.99 Å². The van der Waals surface area contributed by atoms with Crippen molar-refractivity contribution in [3.05, 3.63) is 82.9 Å². The van der Waals surface area contributed by atoms with Crippen molar-refractivity contribution in [2.75, 3.05) is 0 Å². The molecular formula is C28H25BN2O2. The van der Waals surface area contributed by atoms with Gasteiger partial charge in [-0.3, -0.25) is 4.99 Å². The maximum atomic E-state index is 9.53. The van der Waals surface area contributed by atoms with E-state index in [4.69, 9.17) is 14.3 Å². The fraction of sp³-hybridized carbons (Fsp3) is 0.286. The van der Waals surface area contributed by atoms with Gasteiger partial charge in [0, 0.05) is 11.5 Å². The first-order chi connectivity index (χ1) is 15.8. The predicted molar refractivity (Wildman–Crippen MR) is 131 cm³/mol. The molecule has 0 spiro atoms. The van der Waals surface area contributed by atoms with Crippen LogP contribution in [-0.2, 0) is 15.7 Å². The first-order valence-corrected chi connectivity index (χ1v) is 11.5. The molecule has 33 heavy (non-hydrogen) atoms. The molecule has 3 aliphatic rings. The van der Waals surface area contributed by atoms with Gasteiger partial charge in [0.1, 0.15) is 0 Å². The number of fused-ring (bicyclic) bond motifs is 7. The molecule has 0 amide bonds. The van der Waals surface area contributed by atoms with Crippen molar-refractivity contribution in [1.82, 2.24) is 0 Å². The molecule has 0 saturated carbocycles. The maximum Gasteiger partial charge on any atom is 0.494 e. The molecule has 2 aliphatic heterocycles. The molecule has 1 saturated heterocycles. The zero-order valence-corrected chi connectivity index (χ0v) is 19.3. The lowest BCUT2D eigenvalue weighted by Crippen LogP contribution is -2.41. The second kappa shape index (κ2) is 6.90. The molecule has 1 unspecified atom stereocenters. The van der Waals surface area contributed by atoms with Crippen LogP contribution in [0.25, 0.3) is 11.1 Å². The average molecular weight is 432 g/mol. The SMILES string of the molecule is CC1(C)OB(c2ccc3c(c2)-c2ccc(C#N)cc2CC2C3=Nc3ccccc32)OC1(C)C. The number of rotatable bonds is 1. The summed E-state index contributed by atoms with van der Waals surface area (Å²) >= 11 is 0. The molecule has 0 N–H and O–H groups in total. The van der Waals surface area contributed by atoms with Crippen molar-refractivity contribution in [3.63, 3.8) is 0 Å². The summed E-state index contributed by atoms with van der Waals surface area (Å²) in [5.74, 6) is 0.179. The van der Waals surface area contributed by atoms with Crippen molar-refractivity contribution in [1.29, 1.82) is 5.26 Å². The highest BCUT2D eigenvalue weighted by molar-refractivity contribution is 6.62. The zero-order chi connectivity index (χ0) is 23.0. The molecule has 5 heteroatoms. The molecule has 1 aliphatic carbocycles. The van der Waals surface area contributed by atoms with E-state index in [1.54, 1.807) is 0 Å². The van der Waals surface area contributed by atoms with Crippen molar-refractivity contribution in [2.45, 2.75) is 51.2 Å². The Morgan fingerprint density at radius 1 is 0.909 bits per heavy atom. The van der Waals surface area contributed by atoms with Gasteiger partial charge < -0.3 is 9.31 Å². The Kier molecular flexibility index (Phi) is 4.27. The van der Waals surface area contributed by atoms with Gasteiger partial charge in [0.2, 0.25) is 0 Å². The van der Waals surface area contributed by atoms with Crippen LogP contribution >= 0.6 is 0 Å². The number of benzene rings is 3. The van der Waals surface area contributed by atoms with Gasteiger partial charge in [0.15, 0.2) is 0 Å². The summed E-state index contributed by atoms with van der Waals surface area (Å²) in [6.07, 6.45) is 0.821. The van der Waals surface area contributed by atoms with E-state index in [1.165, 1.54) is 11.1 Å². The first-order valence-electron chi connectivity index (χ1n) is 11.5. The molecule has 3 aromatic carbocycles. The quantitative estimate of drug-likeness (QED) is 0.491. The minimum absolute atomic E-state index is 0.179. The van der Waals surface area contributed by atoms with Gasteiger partial charge in [-0.2, -0.15) is 5.26 Å². The van der Waals surface area contributed by atoms with Crippen LogP contribution in [0.15, 0.2) is 65.7 Å². The first kappa shape index (κ1) is 20.4. The smallest absolute Gasteiger partial charge is 0.399 e.